The van der Waals surface area contributed by atoms with Gasteiger partial charge in [-0.3, -0.25) is 4.79 Å². The van der Waals surface area contributed by atoms with Crippen molar-refractivity contribution in [3.8, 4) is 0 Å². The number of nitrogens with zero attached hydrogens (tertiary/aromatic N) is 1. The first-order valence-corrected chi connectivity index (χ1v) is 4.89. The molecule has 0 aromatic rings. The Morgan fingerprint density at radius 1 is 1.57 bits per heavy atom. The maximum Gasteiger partial charge on any atom is 0.253 e. The molecule has 3 nitrogen and oxygen atoms in total. The fourth-order valence-electron chi connectivity index (χ4n) is 1.14. The van der Waals surface area contributed by atoms with Crippen molar-refractivity contribution >= 4 is 5.91 Å². The lowest BCUT2D eigenvalue weighted by atomic mass is 10.2. The molecule has 0 aromatic heterocycles. The first-order chi connectivity index (χ1) is 6.67. The zero-order chi connectivity index (χ0) is 11.0. The average Bonchev–Trinajstić information content (AvgIpc) is 2.19. The molecule has 0 aliphatic carbocycles. The monoisotopic (exact) mass is 197 g/mol. The molecule has 0 aliphatic heterocycles. The number of likely N-dealkylation sites (N-methyl/N-ethyl adjacent to an activating group) is 1. The Balaban J connectivity index is 4.23. The summed E-state index contributed by atoms with van der Waals surface area (Å²) in [6.07, 6.45) is 4.10. The van der Waals surface area contributed by atoms with Crippen LogP contribution in [0.4, 0.5) is 0 Å². The fraction of sp³-hybridized carbons (Fsp3) is 0.545. The van der Waals surface area contributed by atoms with Crippen LogP contribution in [0.2, 0.25) is 0 Å². The van der Waals surface area contributed by atoms with Gasteiger partial charge in [-0.25, -0.2) is 0 Å². The van der Waals surface area contributed by atoms with E-state index in [-0.39, 0.29) is 12.5 Å². The van der Waals surface area contributed by atoms with E-state index >= 15 is 0 Å². The summed E-state index contributed by atoms with van der Waals surface area (Å²) in [5.41, 5.74) is 0.493. The molecular weight excluding hydrogens is 178 g/mol. The topological polar surface area (TPSA) is 40.5 Å². The molecule has 0 saturated heterocycles. The van der Waals surface area contributed by atoms with Crippen LogP contribution >= 0.6 is 0 Å². The SMILES string of the molecule is C=C(/C=C\C)C(=O)N(CC)CCCO. The molecule has 0 radical (unpaired) electrons. The van der Waals surface area contributed by atoms with Gasteiger partial charge in [0.05, 0.1) is 0 Å². The average molecular weight is 197 g/mol. The van der Waals surface area contributed by atoms with E-state index in [0.29, 0.717) is 25.1 Å². The van der Waals surface area contributed by atoms with Crippen molar-refractivity contribution in [2.75, 3.05) is 19.7 Å². The third-order valence-corrected chi connectivity index (χ3v) is 1.90. The van der Waals surface area contributed by atoms with Crippen LogP contribution in [0.25, 0.3) is 0 Å². The van der Waals surface area contributed by atoms with Crippen molar-refractivity contribution in [3.05, 3.63) is 24.3 Å². The predicted octanol–water partition coefficient (Wildman–Crippen LogP) is 1.35. The van der Waals surface area contributed by atoms with Crippen LogP contribution in [-0.4, -0.2) is 35.6 Å². The molecule has 0 atom stereocenters. The van der Waals surface area contributed by atoms with Gasteiger partial charge >= 0.3 is 0 Å². The molecule has 80 valence electrons. The van der Waals surface area contributed by atoms with Crippen molar-refractivity contribution in [1.29, 1.82) is 0 Å². The van der Waals surface area contributed by atoms with Crippen LogP contribution in [-0.2, 0) is 4.79 Å². The van der Waals surface area contributed by atoms with Gasteiger partial charge in [0.25, 0.3) is 5.91 Å². The molecule has 0 fully saturated rings. The van der Waals surface area contributed by atoms with Crippen molar-refractivity contribution < 1.29 is 9.90 Å². The van der Waals surface area contributed by atoms with Gasteiger partial charge < -0.3 is 10.0 Å². The lowest BCUT2D eigenvalue weighted by molar-refractivity contribution is -0.126. The zero-order valence-corrected chi connectivity index (χ0v) is 8.99. The molecule has 0 aliphatic rings. The van der Waals surface area contributed by atoms with E-state index in [2.05, 4.69) is 6.58 Å². The summed E-state index contributed by atoms with van der Waals surface area (Å²) in [7, 11) is 0. The minimum absolute atomic E-state index is 0.0564. The number of carbonyl (C=O) groups is 1. The lowest BCUT2D eigenvalue weighted by Crippen LogP contribution is -2.32. The molecule has 0 bridgehead atoms. The van der Waals surface area contributed by atoms with Crippen molar-refractivity contribution in [2.45, 2.75) is 20.3 Å². The highest BCUT2D eigenvalue weighted by Crippen LogP contribution is 2.02. The molecule has 0 aromatic carbocycles. The standard InChI is InChI=1S/C11H19NO2/c1-4-7-10(3)11(14)12(5-2)8-6-9-13/h4,7,13H,3,5-6,8-9H2,1-2H3/b7-4-. The molecular formula is C11H19NO2. The third-order valence-electron chi connectivity index (χ3n) is 1.90. The predicted molar refractivity (Wildman–Crippen MR) is 57.9 cm³/mol. The molecule has 14 heavy (non-hydrogen) atoms. The van der Waals surface area contributed by atoms with Gasteiger partial charge in [-0.1, -0.05) is 18.7 Å². The van der Waals surface area contributed by atoms with Crippen LogP contribution in [0.1, 0.15) is 20.3 Å². The van der Waals surface area contributed by atoms with E-state index in [0.717, 1.165) is 0 Å². The molecule has 3 heteroatoms. The second kappa shape index (κ2) is 7.33. The number of hydrogen-bond acceptors (Lipinski definition) is 2. The molecule has 0 heterocycles. The summed E-state index contributed by atoms with van der Waals surface area (Å²) in [5.74, 6) is -0.0564. The number of allylic oxidation sites excluding steroid dienone is 1. The first kappa shape index (κ1) is 12.9. The van der Waals surface area contributed by atoms with E-state index in [4.69, 9.17) is 5.11 Å². The molecule has 1 amide bonds. The largest absolute Gasteiger partial charge is 0.396 e. The Hall–Kier alpha value is -1.09. The van der Waals surface area contributed by atoms with Crippen molar-refractivity contribution in [2.24, 2.45) is 0 Å². The lowest BCUT2D eigenvalue weighted by Gasteiger charge is -2.20. The summed E-state index contributed by atoms with van der Waals surface area (Å²) in [5, 5.41) is 8.66. The Morgan fingerprint density at radius 3 is 2.64 bits per heavy atom. The second-order valence-corrected chi connectivity index (χ2v) is 2.99. The Morgan fingerprint density at radius 2 is 2.21 bits per heavy atom. The number of carbonyl (C=O) groups excluding carboxylic acids is 1. The minimum atomic E-state index is -0.0564. The van der Waals surface area contributed by atoms with Gasteiger partial charge in [0, 0.05) is 25.3 Å². The highest BCUT2D eigenvalue weighted by molar-refractivity contribution is 5.95. The summed E-state index contributed by atoms with van der Waals surface area (Å²) in [6, 6.07) is 0. The van der Waals surface area contributed by atoms with E-state index < -0.39 is 0 Å². The van der Waals surface area contributed by atoms with Gasteiger partial charge in [0.1, 0.15) is 0 Å². The number of hydrogen-bond donors (Lipinski definition) is 1. The van der Waals surface area contributed by atoms with Crippen LogP contribution < -0.4 is 0 Å². The van der Waals surface area contributed by atoms with E-state index in [1.165, 1.54) is 0 Å². The summed E-state index contributed by atoms with van der Waals surface area (Å²) < 4.78 is 0. The van der Waals surface area contributed by atoms with Crippen LogP contribution in [0, 0.1) is 0 Å². The van der Waals surface area contributed by atoms with Crippen LogP contribution in [0.3, 0.4) is 0 Å². The van der Waals surface area contributed by atoms with E-state index in [9.17, 15) is 4.79 Å². The third kappa shape index (κ3) is 4.23. The highest BCUT2D eigenvalue weighted by atomic mass is 16.3. The number of aliphatic hydroxyl groups excluding tert-OH is 1. The van der Waals surface area contributed by atoms with Gasteiger partial charge in [0.2, 0.25) is 0 Å². The number of aliphatic hydroxyl groups is 1. The first-order valence-electron chi connectivity index (χ1n) is 4.89. The summed E-state index contributed by atoms with van der Waals surface area (Å²) in [4.78, 5) is 13.3. The van der Waals surface area contributed by atoms with Crippen molar-refractivity contribution in [1.82, 2.24) is 4.90 Å². The minimum Gasteiger partial charge on any atom is -0.396 e. The smallest absolute Gasteiger partial charge is 0.253 e. The Labute approximate surface area is 85.7 Å². The van der Waals surface area contributed by atoms with E-state index in [1.807, 2.05) is 13.8 Å². The maximum absolute atomic E-state index is 11.7. The molecule has 0 unspecified atom stereocenters. The molecule has 0 spiro atoms. The molecule has 0 rings (SSSR count). The Kier molecular flexibility index (Phi) is 6.76. The molecule has 1 N–H and O–H groups in total. The number of rotatable bonds is 6. The maximum atomic E-state index is 11.7. The fourth-order valence-corrected chi connectivity index (χ4v) is 1.14. The summed E-state index contributed by atoms with van der Waals surface area (Å²) >= 11 is 0. The van der Waals surface area contributed by atoms with Gasteiger partial charge in [-0.15, -0.1) is 0 Å². The van der Waals surface area contributed by atoms with E-state index in [1.54, 1.807) is 17.1 Å². The van der Waals surface area contributed by atoms with Crippen LogP contribution in [0.5, 0.6) is 0 Å². The van der Waals surface area contributed by atoms with Crippen molar-refractivity contribution in [3.63, 3.8) is 0 Å². The second-order valence-electron chi connectivity index (χ2n) is 2.99. The normalized spacial score (nSPS) is 10.5. The Bertz CT molecular complexity index is 221. The van der Waals surface area contributed by atoms with Crippen LogP contribution in [0.15, 0.2) is 24.3 Å². The zero-order valence-electron chi connectivity index (χ0n) is 8.99. The highest BCUT2D eigenvalue weighted by Gasteiger charge is 2.11. The quantitative estimate of drug-likeness (QED) is 0.516. The van der Waals surface area contributed by atoms with Gasteiger partial charge in [0.15, 0.2) is 0 Å². The van der Waals surface area contributed by atoms with Gasteiger partial charge in [-0.2, -0.15) is 0 Å². The van der Waals surface area contributed by atoms with Gasteiger partial charge in [-0.05, 0) is 20.3 Å². The molecule has 0 saturated carbocycles. The summed E-state index contributed by atoms with van der Waals surface area (Å²) in [6.45, 7) is 8.79. The number of amides is 1.